The first kappa shape index (κ1) is 12.0. The normalized spacial score (nSPS) is 16.3. The Labute approximate surface area is 110 Å². The van der Waals surface area contributed by atoms with E-state index in [2.05, 4.69) is 13.8 Å². The second-order valence-electron chi connectivity index (χ2n) is 5.76. The van der Waals surface area contributed by atoms with E-state index in [-0.39, 0.29) is 11.0 Å². The van der Waals surface area contributed by atoms with Gasteiger partial charge in [-0.15, -0.1) is 0 Å². The highest BCUT2D eigenvalue weighted by Gasteiger charge is 2.34. The summed E-state index contributed by atoms with van der Waals surface area (Å²) in [6, 6.07) is 8.87. The summed E-state index contributed by atoms with van der Waals surface area (Å²) in [5.41, 5.74) is 0.915. The summed E-state index contributed by atoms with van der Waals surface area (Å²) >= 11 is 0. The fraction of sp³-hybridized carbons (Fsp3) is 0.333. The summed E-state index contributed by atoms with van der Waals surface area (Å²) in [7, 11) is 0. The molecule has 1 aromatic heterocycles. The minimum atomic E-state index is -0.604. The van der Waals surface area contributed by atoms with Gasteiger partial charge in [-0.2, -0.15) is 0 Å². The van der Waals surface area contributed by atoms with Crippen molar-refractivity contribution in [3.8, 4) is 5.69 Å². The third-order valence-corrected chi connectivity index (χ3v) is 3.50. The molecular formula is C15H15NO3. The number of benzene rings is 1. The van der Waals surface area contributed by atoms with Crippen molar-refractivity contribution in [2.45, 2.75) is 26.7 Å². The highest BCUT2D eigenvalue weighted by atomic mass is 16.4. The van der Waals surface area contributed by atoms with Gasteiger partial charge in [0.1, 0.15) is 5.76 Å². The number of aromatic nitrogens is 1. The molecule has 0 N–H and O–H groups in total. The molecule has 0 radical (unpaired) electrons. The van der Waals surface area contributed by atoms with E-state index in [9.17, 15) is 9.59 Å². The molecule has 98 valence electrons. The van der Waals surface area contributed by atoms with Gasteiger partial charge < -0.3 is 4.42 Å². The Morgan fingerprint density at radius 2 is 1.79 bits per heavy atom. The van der Waals surface area contributed by atoms with Gasteiger partial charge in [-0.05, 0) is 24.0 Å². The van der Waals surface area contributed by atoms with Crippen LogP contribution in [-0.4, -0.2) is 4.57 Å². The van der Waals surface area contributed by atoms with Gasteiger partial charge >= 0.3 is 5.76 Å². The number of rotatable bonds is 1. The van der Waals surface area contributed by atoms with E-state index in [1.54, 1.807) is 24.3 Å². The smallest absolute Gasteiger partial charge is 0.414 e. The monoisotopic (exact) mass is 257 g/mol. The van der Waals surface area contributed by atoms with Crippen LogP contribution in [-0.2, 0) is 12.8 Å². The molecule has 1 aliphatic carbocycles. The highest BCUT2D eigenvalue weighted by Crippen LogP contribution is 2.33. The molecule has 19 heavy (non-hydrogen) atoms. The lowest BCUT2D eigenvalue weighted by molar-refractivity contribution is 0.355. The Morgan fingerprint density at radius 1 is 1.11 bits per heavy atom. The van der Waals surface area contributed by atoms with Gasteiger partial charge in [-0.3, -0.25) is 4.79 Å². The van der Waals surface area contributed by atoms with Crippen molar-refractivity contribution in [1.82, 2.24) is 4.57 Å². The molecule has 1 aromatic carbocycles. The summed E-state index contributed by atoms with van der Waals surface area (Å²) < 4.78 is 6.44. The van der Waals surface area contributed by atoms with Crippen molar-refractivity contribution < 1.29 is 4.42 Å². The zero-order chi connectivity index (χ0) is 13.6. The molecule has 4 nitrogen and oxygen atoms in total. The Bertz CT molecular complexity index is 738. The van der Waals surface area contributed by atoms with Crippen LogP contribution in [0.3, 0.4) is 0 Å². The van der Waals surface area contributed by atoms with Gasteiger partial charge in [0.15, 0.2) is 0 Å². The van der Waals surface area contributed by atoms with E-state index in [4.69, 9.17) is 4.42 Å². The lowest BCUT2D eigenvalue weighted by Crippen LogP contribution is -2.33. The fourth-order valence-corrected chi connectivity index (χ4v) is 2.64. The maximum atomic E-state index is 12.5. The van der Waals surface area contributed by atoms with Gasteiger partial charge in [0.25, 0.3) is 5.56 Å². The van der Waals surface area contributed by atoms with E-state index in [0.717, 1.165) is 4.57 Å². The van der Waals surface area contributed by atoms with E-state index in [1.165, 1.54) is 0 Å². The van der Waals surface area contributed by atoms with E-state index >= 15 is 0 Å². The topological polar surface area (TPSA) is 52.2 Å². The Balaban J connectivity index is 2.26. The summed E-state index contributed by atoms with van der Waals surface area (Å²) in [6.45, 7) is 4.14. The lowest BCUT2D eigenvalue weighted by Gasteiger charge is -2.13. The third kappa shape index (κ3) is 1.93. The van der Waals surface area contributed by atoms with E-state index < -0.39 is 5.76 Å². The van der Waals surface area contributed by atoms with Crippen molar-refractivity contribution in [2.24, 2.45) is 5.41 Å². The molecule has 0 aliphatic heterocycles. The average Bonchev–Trinajstić information content (AvgIpc) is 2.65. The summed E-state index contributed by atoms with van der Waals surface area (Å²) in [6.07, 6.45) is 1.29. The third-order valence-electron chi connectivity index (χ3n) is 3.50. The van der Waals surface area contributed by atoms with Gasteiger partial charge in [0.2, 0.25) is 0 Å². The number of para-hydroxylation sites is 1. The van der Waals surface area contributed by atoms with E-state index in [1.807, 2.05) is 6.07 Å². The fourth-order valence-electron chi connectivity index (χ4n) is 2.64. The van der Waals surface area contributed by atoms with E-state index in [0.29, 0.717) is 29.9 Å². The first-order chi connectivity index (χ1) is 8.98. The van der Waals surface area contributed by atoms with Crippen molar-refractivity contribution in [2.75, 3.05) is 0 Å². The molecule has 4 heteroatoms. The average molecular weight is 257 g/mol. The van der Waals surface area contributed by atoms with Gasteiger partial charge in [0.05, 0.1) is 11.3 Å². The molecule has 1 aliphatic rings. The van der Waals surface area contributed by atoms with Crippen LogP contribution in [0.4, 0.5) is 0 Å². The number of hydrogen-bond donors (Lipinski definition) is 0. The molecular weight excluding hydrogens is 242 g/mol. The summed E-state index contributed by atoms with van der Waals surface area (Å²) in [5.74, 6) is -0.0557. The minimum Gasteiger partial charge on any atom is -0.414 e. The molecule has 0 saturated heterocycles. The zero-order valence-corrected chi connectivity index (χ0v) is 11.0. The van der Waals surface area contributed by atoms with Gasteiger partial charge in [-0.25, -0.2) is 9.36 Å². The predicted octanol–water partition coefficient (Wildman–Crippen LogP) is 1.92. The van der Waals surface area contributed by atoms with Crippen LogP contribution in [0, 0.1) is 5.41 Å². The van der Waals surface area contributed by atoms with Crippen molar-refractivity contribution in [3.05, 3.63) is 62.6 Å². The maximum absolute atomic E-state index is 12.5. The second-order valence-corrected chi connectivity index (χ2v) is 5.76. The Morgan fingerprint density at radius 3 is 2.47 bits per heavy atom. The standard InChI is InChI=1S/C15H15NO3/c1-15(2)8-11-12(9-15)19-14(18)16(13(11)17)10-6-4-3-5-7-10/h3-7H,8-9H2,1-2H3. The van der Waals surface area contributed by atoms with Gasteiger partial charge in [0, 0.05) is 6.42 Å². The Hall–Kier alpha value is -2.10. The van der Waals surface area contributed by atoms with Crippen LogP contribution in [0.15, 0.2) is 44.3 Å². The molecule has 3 rings (SSSR count). The summed E-state index contributed by atoms with van der Waals surface area (Å²) in [4.78, 5) is 24.5. The molecule has 0 saturated carbocycles. The molecule has 0 spiro atoms. The SMILES string of the molecule is CC1(C)Cc2oc(=O)n(-c3ccccc3)c(=O)c2C1. The predicted molar refractivity (Wildman–Crippen MR) is 71.8 cm³/mol. The minimum absolute atomic E-state index is 0.0205. The first-order valence-electron chi connectivity index (χ1n) is 6.31. The van der Waals surface area contributed by atoms with Crippen LogP contribution >= 0.6 is 0 Å². The lowest BCUT2D eigenvalue weighted by atomic mass is 9.91. The van der Waals surface area contributed by atoms with Crippen molar-refractivity contribution in [3.63, 3.8) is 0 Å². The van der Waals surface area contributed by atoms with Crippen molar-refractivity contribution in [1.29, 1.82) is 0 Å². The number of fused-ring (bicyclic) bond motifs is 1. The quantitative estimate of drug-likeness (QED) is 0.784. The van der Waals surface area contributed by atoms with Crippen LogP contribution in [0.25, 0.3) is 5.69 Å². The molecule has 0 amide bonds. The molecule has 0 fully saturated rings. The van der Waals surface area contributed by atoms with Crippen LogP contribution in [0.1, 0.15) is 25.2 Å². The second kappa shape index (κ2) is 3.95. The maximum Gasteiger partial charge on any atom is 0.426 e. The van der Waals surface area contributed by atoms with Crippen molar-refractivity contribution >= 4 is 0 Å². The highest BCUT2D eigenvalue weighted by molar-refractivity contribution is 5.33. The van der Waals surface area contributed by atoms with Gasteiger partial charge in [-0.1, -0.05) is 32.0 Å². The van der Waals surface area contributed by atoms with Crippen LogP contribution in [0.5, 0.6) is 0 Å². The number of hydrogen-bond acceptors (Lipinski definition) is 3. The first-order valence-corrected chi connectivity index (χ1v) is 6.31. The molecule has 2 aromatic rings. The Kier molecular flexibility index (Phi) is 2.49. The summed E-state index contributed by atoms with van der Waals surface area (Å²) in [5, 5.41) is 0. The van der Waals surface area contributed by atoms with Crippen LogP contribution < -0.4 is 11.3 Å². The largest absolute Gasteiger partial charge is 0.426 e. The molecule has 0 atom stereocenters. The molecule has 1 heterocycles. The molecule has 0 unspecified atom stereocenters. The molecule has 0 bridgehead atoms. The number of nitrogens with zero attached hydrogens (tertiary/aromatic N) is 1. The van der Waals surface area contributed by atoms with Crippen LogP contribution in [0.2, 0.25) is 0 Å². The zero-order valence-electron chi connectivity index (χ0n) is 11.0.